The first-order valence-electron chi connectivity index (χ1n) is 3.91. The molecule has 0 saturated heterocycles. The molecule has 1 aromatic rings. The number of aryl methyl sites for hydroxylation is 1. The van der Waals surface area contributed by atoms with Crippen molar-refractivity contribution in [3.05, 3.63) is 34.6 Å². The molecule has 0 fully saturated rings. The number of hydrogen-bond acceptors (Lipinski definition) is 0. The van der Waals surface area contributed by atoms with Gasteiger partial charge < -0.3 is 0 Å². The molecule has 0 atom stereocenters. The highest BCUT2D eigenvalue weighted by Gasteiger charge is 2.02. The van der Waals surface area contributed by atoms with Crippen molar-refractivity contribution in [2.24, 2.45) is 0 Å². The largest absolute Gasteiger partial charge is 0.207 e. The van der Waals surface area contributed by atoms with Crippen molar-refractivity contribution in [3.8, 4) is 0 Å². The second-order valence-corrected chi connectivity index (χ2v) is 2.81. The molecule has 11 heavy (non-hydrogen) atoms. The lowest BCUT2D eigenvalue weighted by atomic mass is 10.0. The molecule has 1 aromatic carbocycles. The Labute approximate surface area is 67.1 Å². The maximum Gasteiger partial charge on any atom is 0.126 e. The van der Waals surface area contributed by atoms with E-state index in [9.17, 15) is 4.39 Å². The molecule has 60 valence electrons. The van der Waals surface area contributed by atoms with Crippen LogP contribution in [0.25, 0.3) is 0 Å². The summed E-state index contributed by atoms with van der Waals surface area (Å²) in [7, 11) is 0. The first-order chi connectivity index (χ1) is 5.16. The molecule has 0 spiro atoms. The van der Waals surface area contributed by atoms with Gasteiger partial charge in [0.1, 0.15) is 5.82 Å². The average molecular weight is 152 g/mol. The van der Waals surface area contributed by atoms with E-state index in [0.29, 0.717) is 0 Å². The predicted octanol–water partition coefficient (Wildman–Crippen LogP) is 3.00. The Bertz CT molecular complexity index is 264. The van der Waals surface area contributed by atoms with Crippen LogP contribution in [-0.2, 0) is 6.42 Å². The first kappa shape index (κ1) is 8.25. The van der Waals surface area contributed by atoms with Gasteiger partial charge in [0.15, 0.2) is 0 Å². The second kappa shape index (κ2) is 3.04. The Morgan fingerprint density at radius 2 is 1.82 bits per heavy atom. The molecular formula is C10H13F. The average Bonchev–Trinajstić information content (AvgIpc) is 2.01. The van der Waals surface area contributed by atoms with Gasteiger partial charge in [-0.1, -0.05) is 13.0 Å². The lowest BCUT2D eigenvalue weighted by Gasteiger charge is -2.06. The van der Waals surface area contributed by atoms with Crippen LogP contribution in [0.5, 0.6) is 0 Å². The minimum atomic E-state index is -0.0975. The van der Waals surface area contributed by atoms with Gasteiger partial charge in [0, 0.05) is 0 Å². The molecule has 0 aliphatic rings. The highest BCUT2D eigenvalue weighted by molar-refractivity contribution is 5.34. The zero-order chi connectivity index (χ0) is 8.43. The fraction of sp³-hybridized carbons (Fsp3) is 0.400. The minimum absolute atomic E-state index is 0.0975. The maximum atomic E-state index is 12.9. The summed E-state index contributed by atoms with van der Waals surface area (Å²) in [6.07, 6.45) is 0.979. The summed E-state index contributed by atoms with van der Waals surface area (Å²) in [6.45, 7) is 5.88. The smallest absolute Gasteiger partial charge is 0.126 e. The zero-order valence-corrected chi connectivity index (χ0v) is 7.24. The van der Waals surface area contributed by atoms with Gasteiger partial charge in [-0.25, -0.2) is 4.39 Å². The summed E-state index contributed by atoms with van der Waals surface area (Å²) in [5.41, 5.74) is 3.11. The molecule has 0 aliphatic heterocycles. The molecule has 1 heteroatoms. The number of hydrogen-bond donors (Lipinski definition) is 0. The van der Waals surface area contributed by atoms with Gasteiger partial charge in [-0.05, 0) is 43.0 Å². The van der Waals surface area contributed by atoms with Crippen LogP contribution in [0.3, 0.4) is 0 Å². The fourth-order valence-corrected chi connectivity index (χ4v) is 1.23. The number of halogens is 1. The minimum Gasteiger partial charge on any atom is -0.207 e. The molecule has 0 amide bonds. The van der Waals surface area contributed by atoms with Crippen molar-refractivity contribution in [2.75, 3.05) is 0 Å². The van der Waals surface area contributed by atoms with Gasteiger partial charge in [-0.2, -0.15) is 0 Å². The van der Waals surface area contributed by atoms with Crippen molar-refractivity contribution in [1.82, 2.24) is 0 Å². The van der Waals surface area contributed by atoms with Crippen molar-refractivity contribution in [3.63, 3.8) is 0 Å². The maximum absolute atomic E-state index is 12.9. The predicted molar refractivity (Wildman–Crippen MR) is 45.3 cm³/mol. The van der Waals surface area contributed by atoms with Gasteiger partial charge in [-0.3, -0.25) is 0 Å². The third-order valence-electron chi connectivity index (χ3n) is 2.21. The summed E-state index contributed by atoms with van der Waals surface area (Å²) in [5, 5.41) is 0. The molecule has 0 nitrogen and oxygen atoms in total. The van der Waals surface area contributed by atoms with Gasteiger partial charge in [-0.15, -0.1) is 0 Å². The zero-order valence-electron chi connectivity index (χ0n) is 7.24. The second-order valence-electron chi connectivity index (χ2n) is 2.81. The van der Waals surface area contributed by atoms with E-state index >= 15 is 0 Å². The van der Waals surface area contributed by atoms with E-state index in [2.05, 4.69) is 6.92 Å². The quantitative estimate of drug-likeness (QED) is 0.580. The van der Waals surface area contributed by atoms with Gasteiger partial charge in [0.2, 0.25) is 0 Å². The molecule has 0 bridgehead atoms. The van der Waals surface area contributed by atoms with Crippen molar-refractivity contribution in [2.45, 2.75) is 27.2 Å². The van der Waals surface area contributed by atoms with E-state index in [-0.39, 0.29) is 5.82 Å². The Morgan fingerprint density at radius 1 is 1.18 bits per heavy atom. The third kappa shape index (κ3) is 1.42. The van der Waals surface area contributed by atoms with Gasteiger partial charge in [0.05, 0.1) is 0 Å². The van der Waals surface area contributed by atoms with Crippen LogP contribution >= 0.6 is 0 Å². The van der Waals surface area contributed by atoms with E-state index in [1.807, 2.05) is 19.9 Å². The standard InChI is InChI=1S/C10H13F/c1-4-9-5-6-10(11)8(3)7(9)2/h5-6H,4H2,1-3H3. The summed E-state index contributed by atoms with van der Waals surface area (Å²) in [6, 6.07) is 3.40. The molecular weight excluding hydrogens is 139 g/mol. The number of rotatable bonds is 1. The highest BCUT2D eigenvalue weighted by Crippen LogP contribution is 2.16. The van der Waals surface area contributed by atoms with Crippen LogP contribution in [0.4, 0.5) is 4.39 Å². The molecule has 0 radical (unpaired) electrons. The summed E-state index contributed by atoms with van der Waals surface area (Å²) in [5.74, 6) is -0.0975. The van der Waals surface area contributed by atoms with Gasteiger partial charge >= 0.3 is 0 Å². The lowest BCUT2D eigenvalue weighted by molar-refractivity contribution is 0.616. The van der Waals surface area contributed by atoms with E-state index in [0.717, 1.165) is 17.5 Å². The van der Waals surface area contributed by atoms with Crippen LogP contribution in [-0.4, -0.2) is 0 Å². The topological polar surface area (TPSA) is 0 Å². The van der Waals surface area contributed by atoms with Crippen LogP contribution < -0.4 is 0 Å². The van der Waals surface area contributed by atoms with E-state index < -0.39 is 0 Å². The highest BCUT2D eigenvalue weighted by atomic mass is 19.1. The first-order valence-corrected chi connectivity index (χ1v) is 3.91. The third-order valence-corrected chi connectivity index (χ3v) is 2.21. The van der Waals surface area contributed by atoms with E-state index in [1.54, 1.807) is 6.07 Å². The van der Waals surface area contributed by atoms with Crippen molar-refractivity contribution in [1.29, 1.82) is 0 Å². The van der Waals surface area contributed by atoms with Crippen LogP contribution in [0.1, 0.15) is 23.6 Å². The van der Waals surface area contributed by atoms with E-state index in [4.69, 9.17) is 0 Å². The Morgan fingerprint density at radius 3 is 2.36 bits per heavy atom. The Balaban J connectivity index is 3.25. The van der Waals surface area contributed by atoms with Crippen molar-refractivity contribution < 1.29 is 4.39 Å². The SMILES string of the molecule is CCc1ccc(F)c(C)c1C. The Hall–Kier alpha value is -0.850. The van der Waals surface area contributed by atoms with Gasteiger partial charge in [0.25, 0.3) is 0 Å². The van der Waals surface area contributed by atoms with Crippen LogP contribution in [0, 0.1) is 19.7 Å². The molecule has 1 rings (SSSR count). The normalized spacial score (nSPS) is 10.2. The van der Waals surface area contributed by atoms with E-state index in [1.165, 1.54) is 5.56 Å². The number of benzene rings is 1. The summed E-state index contributed by atoms with van der Waals surface area (Å²) >= 11 is 0. The van der Waals surface area contributed by atoms with Crippen LogP contribution in [0.15, 0.2) is 12.1 Å². The summed E-state index contributed by atoms with van der Waals surface area (Å²) in [4.78, 5) is 0. The Kier molecular flexibility index (Phi) is 2.28. The molecule has 0 aromatic heterocycles. The molecule has 0 heterocycles. The lowest BCUT2D eigenvalue weighted by Crippen LogP contribution is -1.93. The fourth-order valence-electron chi connectivity index (χ4n) is 1.23. The summed E-state index contributed by atoms with van der Waals surface area (Å²) < 4.78 is 12.9. The molecule has 0 saturated carbocycles. The van der Waals surface area contributed by atoms with Crippen LogP contribution in [0.2, 0.25) is 0 Å². The van der Waals surface area contributed by atoms with Crippen molar-refractivity contribution >= 4 is 0 Å². The molecule has 0 aliphatic carbocycles. The molecule has 0 N–H and O–H groups in total. The molecule has 0 unspecified atom stereocenters. The monoisotopic (exact) mass is 152 g/mol.